The predicted molar refractivity (Wildman–Crippen MR) is 23.8 cm³/mol. The Morgan fingerprint density at radius 3 is 2.11 bits per heavy atom. The van der Waals surface area contributed by atoms with Crippen molar-refractivity contribution in [2.45, 2.75) is 13.3 Å². The minimum Gasteiger partial charge on any atom is -0.790 e. The van der Waals surface area contributed by atoms with Crippen molar-refractivity contribution >= 4 is 7.82 Å². The fourth-order valence-electron chi connectivity index (χ4n) is 0.203. The van der Waals surface area contributed by atoms with E-state index in [9.17, 15) is 14.4 Å². The van der Waals surface area contributed by atoms with Crippen molar-refractivity contribution in [1.82, 2.24) is 0 Å². The van der Waals surface area contributed by atoms with Gasteiger partial charge < -0.3 is 18.9 Å². The molecule has 0 aromatic rings. The molecule has 0 saturated heterocycles. The molecule has 0 aliphatic rings. The Morgan fingerprint density at radius 2 is 2.00 bits per heavy atom. The van der Waals surface area contributed by atoms with Gasteiger partial charge in [-0.15, -0.1) is 0 Å². The Bertz CT molecular complexity index is 100.0. The molecular weight excluding hydrogens is 154 g/mol. The molecule has 0 aromatic carbocycles. The Morgan fingerprint density at radius 1 is 1.56 bits per heavy atom. The number of phosphoric ester groups is 1. The summed E-state index contributed by atoms with van der Waals surface area (Å²) in [7, 11) is -4.68. The quantitative estimate of drug-likeness (QED) is 0.315. The summed E-state index contributed by atoms with van der Waals surface area (Å²) < 4.78 is 13.5. The van der Waals surface area contributed by atoms with Crippen molar-refractivity contribution in [2.75, 3.05) is 6.61 Å². The van der Waals surface area contributed by atoms with E-state index in [1.165, 1.54) is 0 Å². The van der Waals surface area contributed by atoms with Crippen molar-refractivity contribution < 1.29 is 48.4 Å². The van der Waals surface area contributed by atoms with Crippen LogP contribution in [-0.4, -0.2) is 6.61 Å². The second-order valence-electron chi connectivity index (χ2n) is 1.28. The van der Waals surface area contributed by atoms with Crippen molar-refractivity contribution in [3.05, 3.63) is 0 Å². The number of hydrogen-bond donors (Lipinski definition) is 0. The van der Waals surface area contributed by atoms with E-state index in [0.717, 1.165) is 0 Å². The maximum Gasteiger partial charge on any atom is 1.00 e. The summed E-state index contributed by atoms with van der Waals surface area (Å²) in [5.74, 6) is 0. The van der Waals surface area contributed by atoms with Crippen molar-refractivity contribution in [3.63, 3.8) is 0 Å². The Balaban J connectivity index is 0. The average Bonchev–Trinajstić information content (AvgIpc) is 1.59. The first-order chi connectivity index (χ1) is 3.56. The van der Waals surface area contributed by atoms with Crippen LogP contribution in [0.25, 0.3) is 0 Å². The van der Waals surface area contributed by atoms with Gasteiger partial charge in [0.15, 0.2) is 0 Å². The summed E-state index contributed by atoms with van der Waals surface area (Å²) in [6.45, 7) is 1.71. The van der Waals surface area contributed by atoms with E-state index in [1.807, 2.05) is 0 Å². The zero-order chi connectivity index (χ0) is 6.62. The maximum absolute atomic E-state index is 9.64. The normalized spacial score (nSPS) is 10.6. The van der Waals surface area contributed by atoms with E-state index in [4.69, 9.17) is 0 Å². The smallest absolute Gasteiger partial charge is 0.790 e. The molecule has 0 radical (unpaired) electrons. The van der Waals surface area contributed by atoms with Gasteiger partial charge in [0.05, 0.1) is 14.4 Å². The summed E-state index contributed by atoms with van der Waals surface area (Å²) in [5, 5.41) is 0. The first-order valence-electron chi connectivity index (χ1n) is 2.23. The minimum absolute atomic E-state index is 0. The summed E-state index contributed by atoms with van der Waals surface area (Å²) in [4.78, 5) is 19.3. The Hall–Kier alpha value is 1.11. The molecule has 50 valence electrons. The molecule has 0 rings (SSSR count). The third-order valence-electron chi connectivity index (χ3n) is 0.454. The van der Waals surface area contributed by atoms with E-state index in [1.54, 1.807) is 6.92 Å². The zero-order valence-electron chi connectivity index (χ0n) is 5.49. The largest absolute Gasteiger partial charge is 1.00 e. The van der Waals surface area contributed by atoms with Gasteiger partial charge in [-0.2, -0.15) is 0 Å². The minimum atomic E-state index is -4.68. The van der Waals surface area contributed by atoms with E-state index >= 15 is 0 Å². The van der Waals surface area contributed by atoms with Gasteiger partial charge in [0.1, 0.15) is 0 Å². The molecule has 0 aliphatic carbocycles. The monoisotopic (exact) mass is 161 g/mol. The average molecular weight is 161 g/mol. The molecule has 0 heterocycles. The van der Waals surface area contributed by atoms with Crippen LogP contribution in [0, 0.1) is 0 Å². The van der Waals surface area contributed by atoms with E-state index in [2.05, 4.69) is 4.52 Å². The van der Waals surface area contributed by atoms with Gasteiger partial charge >= 0.3 is 29.6 Å². The molecule has 0 spiro atoms. The van der Waals surface area contributed by atoms with Gasteiger partial charge in [-0.25, -0.2) is 0 Å². The van der Waals surface area contributed by atoms with Crippen LogP contribution in [0.5, 0.6) is 0 Å². The van der Waals surface area contributed by atoms with Gasteiger partial charge in [-0.05, 0) is 6.42 Å². The first kappa shape index (κ1) is 12.8. The number of phosphoric acid groups is 1. The molecule has 9 heavy (non-hydrogen) atoms. The van der Waals surface area contributed by atoms with Gasteiger partial charge in [-0.3, -0.25) is 0 Å². The first-order valence-corrected chi connectivity index (χ1v) is 3.69. The summed E-state index contributed by atoms with van der Waals surface area (Å²) in [6.07, 6.45) is 0.536. The van der Waals surface area contributed by atoms with Crippen LogP contribution in [0.3, 0.4) is 0 Å². The Kier molecular flexibility index (Phi) is 8.31. The van der Waals surface area contributed by atoms with E-state index in [-0.39, 0.29) is 36.2 Å². The van der Waals surface area contributed by atoms with Crippen LogP contribution in [-0.2, 0) is 9.09 Å². The molecule has 0 fully saturated rings. The van der Waals surface area contributed by atoms with Crippen molar-refractivity contribution in [2.24, 2.45) is 0 Å². The standard InChI is InChI=1S/C3H9O4P.Na/c1-2-3-7-8(4,5)6;/h2-3H2,1H3,(H2,4,5,6);/q;+1/p-2. The predicted octanol–water partition coefficient (Wildman–Crippen LogP) is -3.75. The molecule has 0 unspecified atom stereocenters. The zero-order valence-corrected chi connectivity index (χ0v) is 8.39. The van der Waals surface area contributed by atoms with Crippen LogP contribution in [0.1, 0.15) is 13.3 Å². The second kappa shape index (κ2) is 5.86. The van der Waals surface area contributed by atoms with Crippen LogP contribution >= 0.6 is 7.82 Å². The SMILES string of the molecule is CCCOP(=O)([O-])[O-].[Na+]. The molecule has 4 nitrogen and oxygen atoms in total. The molecule has 0 amide bonds. The summed E-state index contributed by atoms with van der Waals surface area (Å²) in [6, 6.07) is 0. The van der Waals surface area contributed by atoms with Crippen LogP contribution in [0.2, 0.25) is 0 Å². The van der Waals surface area contributed by atoms with Crippen molar-refractivity contribution in [1.29, 1.82) is 0 Å². The van der Waals surface area contributed by atoms with Crippen LogP contribution in [0.4, 0.5) is 0 Å². The molecule has 0 saturated carbocycles. The molecule has 0 bridgehead atoms. The van der Waals surface area contributed by atoms with Gasteiger partial charge in [0.2, 0.25) is 0 Å². The summed E-state index contributed by atoms with van der Waals surface area (Å²) >= 11 is 0. The summed E-state index contributed by atoms with van der Waals surface area (Å²) in [5.41, 5.74) is 0. The Labute approximate surface area is 76.1 Å². The molecule has 0 atom stereocenters. The van der Waals surface area contributed by atoms with Gasteiger partial charge in [0.25, 0.3) is 0 Å². The van der Waals surface area contributed by atoms with Gasteiger partial charge in [-0.1, -0.05) is 6.92 Å². The second-order valence-corrected chi connectivity index (χ2v) is 2.43. The molecule has 0 N–H and O–H groups in total. The third kappa shape index (κ3) is 12.3. The third-order valence-corrected chi connectivity index (χ3v) is 0.952. The number of hydrogen-bond acceptors (Lipinski definition) is 4. The molecule has 0 aromatic heterocycles. The molecule has 6 heteroatoms. The van der Waals surface area contributed by atoms with E-state index < -0.39 is 7.82 Å². The van der Waals surface area contributed by atoms with Gasteiger partial charge in [0, 0.05) is 0 Å². The van der Waals surface area contributed by atoms with Crippen molar-refractivity contribution in [3.8, 4) is 0 Å². The molecular formula is C3H7NaO4P-. The molecule has 0 aliphatic heterocycles. The maximum atomic E-state index is 9.64. The number of rotatable bonds is 3. The fourth-order valence-corrected chi connectivity index (χ4v) is 0.609. The van der Waals surface area contributed by atoms with Crippen LogP contribution in [0.15, 0.2) is 0 Å². The topological polar surface area (TPSA) is 72.4 Å². The van der Waals surface area contributed by atoms with E-state index in [0.29, 0.717) is 6.42 Å². The van der Waals surface area contributed by atoms with Crippen LogP contribution < -0.4 is 39.3 Å². The fraction of sp³-hybridized carbons (Fsp3) is 1.00.